The molecule has 0 aromatic heterocycles. The first-order valence-electron chi connectivity index (χ1n) is 22.7. The topological polar surface area (TPSA) is 69.0 Å². The Kier molecular flexibility index (Phi) is 28.7. The van der Waals surface area contributed by atoms with Gasteiger partial charge in [0, 0.05) is 20.8 Å². The monoisotopic (exact) mass is 1100 g/mol. The summed E-state index contributed by atoms with van der Waals surface area (Å²) >= 11 is 0. The van der Waals surface area contributed by atoms with Gasteiger partial charge in [-0.15, -0.1) is 5.75 Å². The third-order valence-corrected chi connectivity index (χ3v) is 14.4. The van der Waals surface area contributed by atoms with Crippen molar-refractivity contribution >= 4 is 66.0 Å². The number of benzene rings is 8. The van der Waals surface area contributed by atoms with Crippen LogP contribution in [-0.4, -0.2) is 30.8 Å². The summed E-state index contributed by atoms with van der Waals surface area (Å²) in [5.74, 6) is 1.38. The minimum Gasteiger partial charge on any atom is -1.00 e. The first-order valence-corrected chi connectivity index (χ1v) is 25.4. The molecule has 0 aliphatic carbocycles. The molecule has 0 spiro atoms. The van der Waals surface area contributed by atoms with E-state index in [1.165, 1.54) is 31.8 Å². The number of ether oxygens (including phenoxy) is 2. The molecule has 368 valence electrons. The average Bonchev–Trinajstić information content (AvgIpc) is 3.39. The molecule has 8 rings (SSSR count). The summed E-state index contributed by atoms with van der Waals surface area (Å²) in [5.41, 5.74) is 2.49. The molecule has 0 amide bonds. The molecule has 0 atom stereocenters. The molecule has 0 saturated carbocycles. The zero-order valence-corrected chi connectivity index (χ0v) is 46.4. The van der Waals surface area contributed by atoms with Crippen LogP contribution in [0.1, 0.15) is 52.7 Å². The van der Waals surface area contributed by atoms with E-state index in [9.17, 15) is 0 Å². The van der Waals surface area contributed by atoms with Crippen LogP contribution in [0.15, 0.2) is 223 Å². The fourth-order valence-corrected chi connectivity index (χ4v) is 10.8. The normalized spacial score (nSPS) is 10.5. The quantitative estimate of drug-likeness (QED) is 0.0354. The number of aryl methyl sites for hydroxylation is 1. The van der Waals surface area contributed by atoms with Crippen LogP contribution in [0.25, 0.3) is 4.85 Å². The predicted octanol–water partition coefficient (Wildman–Crippen LogP) is 8.28. The van der Waals surface area contributed by atoms with E-state index in [2.05, 4.69) is 216 Å². The Hall–Kier alpha value is -6.30. The largest absolute Gasteiger partial charge is 2.00 e. The summed E-state index contributed by atoms with van der Waals surface area (Å²) in [6, 6.07) is 79.2. The van der Waals surface area contributed by atoms with Crippen LogP contribution < -0.4 is 58.7 Å². The van der Waals surface area contributed by atoms with Gasteiger partial charge >= 0.3 is 30.8 Å². The van der Waals surface area contributed by atoms with Crippen molar-refractivity contribution in [3.8, 4) is 11.5 Å². The van der Waals surface area contributed by atoms with Crippen LogP contribution in [0.3, 0.4) is 0 Å². The summed E-state index contributed by atoms with van der Waals surface area (Å²) in [6.45, 7) is 24.8. The summed E-state index contributed by atoms with van der Waals surface area (Å²) in [5, 5.41) is 8.39. The van der Waals surface area contributed by atoms with Crippen LogP contribution in [0, 0.1) is 26.2 Å². The van der Waals surface area contributed by atoms with Gasteiger partial charge in [0.25, 0.3) is 0 Å². The van der Waals surface area contributed by atoms with Crippen molar-refractivity contribution in [2.24, 2.45) is 4.99 Å². The number of hydrogen-bond donors (Lipinski definition) is 1. The van der Waals surface area contributed by atoms with Gasteiger partial charge in [-0.25, -0.2) is 12.6 Å². The number of hydrogen-bond acceptors (Lipinski definition) is 3. The molecule has 0 bridgehead atoms. The fourth-order valence-electron chi connectivity index (χ4n) is 6.20. The maximum absolute atomic E-state index is 7.50. The molecular formula is C62H62ClN3O3P2Ru. The van der Waals surface area contributed by atoms with E-state index >= 15 is 0 Å². The van der Waals surface area contributed by atoms with Crippen molar-refractivity contribution in [2.45, 2.75) is 59.5 Å². The van der Waals surface area contributed by atoms with E-state index < -0.39 is 15.8 Å². The van der Waals surface area contributed by atoms with Gasteiger partial charge in [-0.1, -0.05) is 189 Å². The Morgan fingerprint density at radius 3 is 1.18 bits per heavy atom. The molecule has 6 nitrogen and oxygen atoms in total. The maximum atomic E-state index is 7.50. The Labute approximate surface area is 451 Å². The number of methoxy groups -OCH3 is 1. The molecule has 1 N–H and O–H groups in total. The number of aliphatic imine (C=N–C) groups is 1. The van der Waals surface area contributed by atoms with Crippen molar-refractivity contribution in [3.63, 3.8) is 0 Å². The maximum Gasteiger partial charge on any atom is 2.00 e. The van der Waals surface area contributed by atoms with Gasteiger partial charge in [-0.3, -0.25) is 9.98 Å². The van der Waals surface area contributed by atoms with Crippen molar-refractivity contribution in [1.29, 1.82) is 0 Å². The SMILES string of the molecule is COc1ccc(N=Cc2cc(C)c[c-]c2O[C-]=[NH+]C(C)(C)C)cc1.[C-]#[N+]C(C)(C)C.[C-]#[O+].[Cl-].[Ru+2].c1ccc(P(c2ccccc2)c2ccccc2)cc1.c1ccc(P(c2ccccc2)c2ccccc2)cc1. The zero-order chi connectivity index (χ0) is 50.6. The summed E-state index contributed by atoms with van der Waals surface area (Å²) in [4.78, 5) is 10.8. The molecule has 0 fully saturated rings. The molecule has 72 heavy (non-hydrogen) atoms. The summed E-state index contributed by atoms with van der Waals surface area (Å²) < 4.78 is 18.2. The van der Waals surface area contributed by atoms with Crippen LogP contribution in [-0.2, 0) is 24.1 Å². The number of nitrogens with zero attached hydrogens (tertiary/aromatic N) is 2. The van der Waals surface area contributed by atoms with Crippen LogP contribution in [0.2, 0.25) is 0 Å². The second kappa shape index (κ2) is 33.4. The first kappa shape index (κ1) is 61.8. The Balaban J connectivity index is 0.000000341. The van der Waals surface area contributed by atoms with Gasteiger partial charge in [0.2, 0.25) is 11.9 Å². The number of nitrogens with one attached hydrogen (secondary N) is 1. The smallest absolute Gasteiger partial charge is 1.00 e. The molecule has 0 aliphatic rings. The molecular weight excluding hydrogens is 1030 g/mol. The second-order valence-electron chi connectivity index (χ2n) is 17.5. The molecule has 0 unspecified atom stereocenters. The average molecular weight is 1100 g/mol. The Morgan fingerprint density at radius 1 is 0.583 bits per heavy atom. The van der Waals surface area contributed by atoms with Crippen molar-refractivity contribution < 1.29 is 51.0 Å². The van der Waals surface area contributed by atoms with Crippen molar-refractivity contribution in [2.75, 3.05) is 7.11 Å². The Morgan fingerprint density at radius 2 is 0.903 bits per heavy atom. The van der Waals surface area contributed by atoms with Crippen LogP contribution in [0.5, 0.6) is 11.5 Å². The number of halogens is 1. The molecule has 10 heteroatoms. The van der Waals surface area contributed by atoms with Gasteiger partial charge in [0.15, 0.2) is 0 Å². The van der Waals surface area contributed by atoms with E-state index in [1.807, 2.05) is 84.9 Å². The fraction of sp³-hybridized carbons (Fsp3) is 0.161. The molecule has 0 aliphatic heterocycles. The third-order valence-electron chi connectivity index (χ3n) is 9.50. The van der Waals surface area contributed by atoms with Crippen LogP contribution >= 0.6 is 15.8 Å². The minimum absolute atomic E-state index is 0. The van der Waals surface area contributed by atoms with Crippen molar-refractivity contribution in [1.82, 2.24) is 0 Å². The van der Waals surface area contributed by atoms with E-state index in [0.717, 1.165) is 22.6 Å². The summed E-state index contributed by atoms with van der Waals surface area (Å²) in [6.07, 6.45) is 4.52. The second-order valence-corrected chi connectivity index (χ2v) is 21.9. The minimum atomic E-state index is -0.446. The molecule has 0 heterocycles. The van der Waals surface area contributed by atoms with Crippen molar-refractivity contribution in [3.05, 3.63) is 254 Å². The third kappa shape index (κ3) is 22.4. The molecule has 8 aromatic carbocycles. The number of rotatable bonds is 11. The Bertz CT molecular complexity index is 2510. The summed E-state index contributed by atoms with van der Waals surface area (Å²) in [7, 11) is 0.750. The molecule has 0 radical (unpaired) electrons. The van der Waals surface area contributed by atoms with Crippen LogP contribution in [0.4, 0.5) is 5.69 Å². The molecule has 0 saturated heterocycles. The first-order chi connectivity index (χ1) is 33.8. The van der Waals surface area contributed by atoms with Gasteiger partial charge in [0.1, 0.15) is 11.3 Å². The predicted molar refractivity (Wildman–Crippen MR) is 297 cm³/mol. The van der Waals surface area contributed by atoms with Gasteiger partial charge in [-0.2, -0.15) is 23.3 Å². The van der Waals surface area contributed by atoms with Gasteiger partial charge in [-0.05, 0) is 98.9 Å². The van der Waals surface area contributed by atoms with Gasteiger partial charge < -0.3 is 26.7 Å². The van der Waals surface area contributed by atoms with Gasteiger partial charge in [0.05, 0.1) is 12.8 Å². The van der Waals surface area contributed by atoms with E-state index in [0.29, 0.717) is 5.75 Å². The van der Waals surface area contributed by atoms with E-state index in [1.54, 1.807) is 13.3 Å². The van der Waals surface area contributed by atoms with E-state index in [-0.39, 0.29) is 43.0 Å². The zero-order valence-electron chi connectivity index (χ0n) is 42.1. The molecule has 8 aromatic rings. The standard InChI is InChI=1S/C20H23N2O2.2C18H15P.C5H9N.CO.ClH.Ru/c1-15-6-11-19(24-14-22-20(2,3)4)16(12-15)13-21-17-7-9-18(23-5)10-8-17;2*1-4-10-16(11-5-1)19(17-12-6-2-7-13-17)18-14-8-3-9-15-18;1-5(2,3)6-4;1-2;;/h6-10,12-13,22H,1-5H3;2*1-15H;1-3H3;;1H;/q-1;;;;;;+2/p-1. The van der Waals surface area contributed by atoms with E-state index in [4.69, 9.17) is 20.7 Å².